The topological polar surface area (TPSA) is 62.4 Å². The summed E-state index contributed by atoms with van der Waals surface area (Å²) in [6, 6.07) is 4.03. The molecule has 1 saturated heterocycles. The van der Waals surface area contributed by atoms with Gasteiger partial charge in [-0.25, -0.2) is 0 Å². The molecule has 20 heavy (non-hydrogen) atoms. The molecule has 1 aromatic rings. The zero-order valence-corrected chi connectivity index (χ0v) is 11.9. The molecule has 2 aliphatic heterocycles. The predicted molar refractivity (Wildman–Crippen MR) is 79.7 cm³/mol. The number of fused-ring (bicyclic) bond motifs is 1. The van der Waals surface area contributed by atoms with E-state index in [1.807, 2.05) is 6.07 Å². The highest BCUT2D eigenvalue weighted by atomic mass is 35.5. The fraction of sp³-hybridized carbons (Fsp3) is 0.500. The molecule has 1 amide bonds. The van der Waals surface area contributed by atoms with Crippen molar-refractivity contribution >= 4 is 28.9 Å². The summed E-state index contributed by atoms with van der Waals surface area (Å²) in [7, 11) is 0. The smallest absolute Gasteiger partial charge is 0.262 e. The number of ether oxygens (including phenoxy) is 1. The standard InChI is InChI=1S/C14H18ClN3O2/c15-10-6-12-13(20-8-14(19)18-12)7-11(10)17-9-2-1-4-16-5-3-9/h6-7,9,16-17H,1-5,8H2,(H,18,19). The predicted octanol–water partition coefficient (Wildman–Crippen LogP) is 2.22. The van der Waals surface area contributed by atoms with Crippen LogP contribution in [0.25, 0.3) is 0 Å². The van der Waals surface area contributed by atoms with Gasteiger partial charge in [0.05, 0.1) is 16.4 Å². The van der Waals surface area contributed by atoms with Crippen molar-refractivity contribution in [2.24, 2.45) is 0 Å². The largest absolute Gasteiger partial charge is 0.482 e. The maximum atomic E-state index is 11.3. The number of benzene rings is 1. The van der Waals surface area contributed by atoms with Gasteiger partial charge in [0.2, 0.25) is 0 Å². The number of anilines is 2. The molecule has 0 saturated carbocycles. The molecule has 1 atom stereocenters. The molecule has 108 valence electrons. The second-order valence-electron chi connectivity index (χ2n) is 5.19. The molecule has 2 heterocycles. The number of carbonyl (C=O) groups excluding carboxylic acids is 1. The van der Waals surface area contributed by atoms with Crippen LogP contribution in [0.4, 0.5) is 11.4 Å². The number of nitrogens with one attached hydrogen (secondary N) is 3. The Morgan fingerprint density at radius 1 is 1.30 bits per heavy atom. The lowest BCUT2D eigenvalue weighted by atomic mass is 10.1. The van der Waals surface area contributed by atoms with Gasteiger partial charge in [0.15, 0.2) is 6.61 Å². The molecule has 5 nitrogen and oxygen atoms in total. The third-order valence-corrected chi connectivity index (χ3v) is 3.95. The van der Waals surface area contributed by atoms with Gasteiger partial charge in [-0.1, -0.05) is 11.6 Å². The molecule has 0 aliphatic carbocycles. The van der Waals surface area contributed by atoms with Crippen LogP contribution in [0.2, 0.25) is 5.02 Å². The van der Waals surface area contributed by atoms with E-state index in [9.17, 15) is 4.79 Å². The van der Waals surface area contributed by atoms with Crippen LogP contribution in [0.1, 0.15) is 19.3 Å². The molecule has 0 radical (unpaired) electrons. The van der Waals surface area contributed by atoms with Crippen molar-refractivity contribution < 1.29 is 9.53 Å². The van der Waals surface area contributed by atoms with E-state index in [4.69, 9.17) is 16.3 Å². The third-order valence-electron chi connectivity index (χ3n) is 3.64. The minimum atomic E-state index is -0.149. The van der Waals surface area contributed by atoms with Gasteiger partial charge in [0.1, 0.15) is 5.75 Å². The average molecular weight is 296 g/mol. The van der Waals surface area contributed by atoms with Crippen LogP contribution in [-0.4, -0.2) is 31.6 Å². The van der Waals surface area contributed by atoms with Crippen LogP contribution in [0.3, 0.4) is 0 Å². The van der Waals surface area contributed by atoms with Gasteiger partial charge >= 0.3 is 0 Å². The summed E-state index contributed by atoms with van der Waals surface area (Å²) >= 11 is 6.28. The maximum absolute atomic E-state index is 11.3. The van der Waals surface area contributed by atoms with Gasteiger partial charge in [-0.3, -0.25) is 4.79 Å². The van der Waals surface area contributed by atoms with Crippen molar-refractivity contribution in [2.75, 3.05) is 30.3 Å². The molecule has 0 aromatic heterocycles. The first-order chi connectivity index (χ1) is 9.72. The SMILES string of the molecule is O=C1COc2cc(NC3CCCNCC3)c(Cl)cc2N1. The summed E-state index contributed by atoms with van der Waals surface area (Å²) < 4.78 is 5.42. The summed E-state index contributed by atoms with van der Waals surface area (Å²) in [6.45, 7) is 2.15. The van der Waals surface area contributed by atoms with E-state index in [2.05, 4.69) is 16.0 Å². The van der Waals surface area contributed by atoms with Gasteiger partial charge in [0, 0.05) is 12.1 Å². The van der Waals surface area contributed by atoms with E-state index >= 15 is 0 Å². The second kappa shape index (κ2) is 5.89. The lowest BCUT2D eigenvalue weighted by Gasteiger charge is -2.22. The second-order valence-corrected chi connectivity index (χ2v) is 5.59. The van der Waals surface area contributed by atoms with E-state index in [-0.39, 0.29) is 12.5 Å². The van der Waals surface area contributed by atoms with Crippen molar-refractivity contribution in [3.05, 3.63) is 17.2 Å². The van der Waals surface area contributed by atoms with Crippen LogP contribution in [-0.2, 0) is 4.79 Å². The highest BCUT2D eigenvalue weighted by molar-refractivity contribution is 6.33. The van der Waals surface area contributed by atoms with Crippen molar-refractivity contribution in [2.45, 2.75) is 25.3 Å². The third kappa shape index (κ3) is 2.99. The Bertz CT molecular complexity index is 513. The van der Waals surface area contributed by atoms with E-state index in [1.165, 1.54) is 0 Å². The monoisotopic (exact) mass is 295 g/mol. The van der Waals surface area contributed by atoms with Crippen molar-refractivity contribution in [3.63, 3.8) is 0 Å². The number of amides is 1. The summed E-state index contributed by atoms with van der Waals surface area (Å²) in [5.74, 6) is 0.521. The first-order valence-electron chi connectivity index (χ1n) is 6.96. The molecule has 3 N–H and O–H groups in total. The highest BCUT2D eigenvalue weighted by Crippen LogP contribution is 2.36. The molecule has 2 aliphatic rings. The van der Waals surface area contributed by atoms with Gasteiger partial charge in [-0.15, -0.1) is 0 Å². The van der Waals surface area contributed by atoms with Crippen LogP contribution in [0, 0.1) is 0 Å². The van der Waals surface area contributed by atoms with E-state index in [0.717, 1.165) is 38.0 Å². The minimum absolute atomic E-state index is 0.0570. The number of carbonyl (C=O) groups is 1. The van der Waals surface area contributed by atoms with E-state index < -0.39 is 0 Å². The lowest BCUT2D eigenvalue weighted by molar-refractivity contribution is -0.118. The normalized spacial score (nSPS) is 22.2. The molecular formula is C14H18ClN3O2. The molecule has 1 aromatic carbocycles. The minimum Gasteiger partial charge on any atom is -0.482 e. The number of hydrogen-bond acceptors (Lipinski definition) is 4. The van der Waals surface area contributed by atoms with E-state index in [0.29, 0.717) is 22.5 Å². The van der Waals surface area contributed by atoms with E-state index in [1.54, 1.807) is 6.07 Å². The number of hydrogen-bond donors (Lipinski definition) is 3. The molecule has 3 rings (SSSR count). The molecule has 1 fully saturated rings. The average Bonchev–Trinajstić information content (AvgIpc) is 2.68. The Balaban J connectivity index is 1.77. The van der Waals surface area contributed by atoms with Crippen molar-refractivity contribution in [1.82, 2.24) is 5.32 Å². The fourth-order valence-corrected chi connectivity index (χ4v) is 2.81. The van der Waals surface area contributed by atoms with Gasteiger partial charge < -0.3 is 20.7 Å². The van der Waals surface area contributed by atoms with Gasteiger partial charge in [-0.05, 0) is 38.4 Å². The molecule has 1 unspecified atom stereocenters. The quantitative estimate of drug-likeness (QED) is 0.783. The van der Waals surface area contributed by atoms with Crippen LogP contribution < -0.4 is 20.7 Å². The first-order valence-corrected chi connectivity index (χ1v) is 7.33. The summed E-state index contributed by atoms with van der Waals surface area (Å²) in [4.78, 5) is 11.3. The van der Waals surface area contributed by atoms with Gasteiger partial charge in [0.25, 0.3) is 5.91 Å². The zero-order valence-electron chi connectivity index (χ0n) is 11.2. The summed E-state index contributed by atoms with van der Waals surface area (Å²) in [5.41, 5.74) is 1.51. The Kier molecular flexibility index (Phi) is 3.98. The Morgan fingerprint density at radius 2 is 2.20 bits per heavy atom. The first kappa shape index (κ1) is 13.5. The maximum Gasteiger partial charge on any atom is 0.262 e. The summed E-state index contributed by atoms with van der Waals surface area (Å²) in [6.07, 6.45) is 3.36. The number of halogens is 1. The zero-order chi connectivity index (χ0) is 13.9. The lowest BCUT2D eigenvalue weighted by Crippen LogP contribution is -2.26. The summed E-state index contributed by atoms with van der Waals surface area (Å²) in [5, 5.41) is 10.2. The van der Waals surface area contributed by atoms with Crippen molar-refractivity contribution in [3.8, 4) is 5.75 Å². The van der Waals surface area contributed by atoms with Gasteiger partial charge in [-0.2, -0.15) is 0 Å². The Hall–Kier alpha value is -1.46. The fourth-order valence-electron chi connectivity index (χ4n) is 2.59. The van der Waals surface area contributed by atoms with Crippen molar-refractivity contribution in [1.29, 1.82) is 0 Å². The Labute approximate surface area is 123 Å². The highest BCUT2D eigenvalue weighted by Gasteiger charge is 2.19. The molecule has 6 heteroatoms. The van der Waals surface area contributed by atoms with Crippen LogP contribution in [0.5, 0.6) is 5.75 Å². The molecular weight excluding hydrogens is 278 g/mol. The van der Waals surface area contributed by atoms with Crippen LogP contribution >= 0.6 is 11.6 Å². The number of rotatable bonds is 2. The molecule has 0 bridgehead atoms. The Morgan fingerprint density at radius 3 is 3.10 bits per heavy atom. The molecule has 0 spiro atoms. The van der Waals surface area contributed by atoms with Crippen LogP contribution in [0.15, 0.2) is 12.1 Å².